The van der Waals surface area contributed by atoms with Crippen LogP contribution in [0.15, 0.2) is 39.9 Å². The van der Waals surface area contributed by atoms with E-state index in [9.17, 15) is 13.2 Å². The number of thiophene rings is 1. The number of nitrogens with zero attached hydrogens (tertiary/aromatic N) is 4. The number of benzene rings is 1. The number of para-hydroxylation sites is 1. The highest BCUT2D eigenvalue weighted by Gasteiger charge is 2.40. The van der Waals surface area contributed by atoms with Crippen LogP contribution in [0.5, 0.6) is 0 Å². The van der Waals surface area contributed by atoms with E-state index in [1.54, 1.807) is 28.5 Å². The third kappa shape index (κ3) is 5.47. The number of amides is 1. The molecule has 2 saturated heterocycles. The van der Waals surface area contributed by atoms with Crippen molar-refractivity contribution in [2.45, 2.75) is 35.9 Å². The largest absolute Gasteiger partial charge is 0.379 e. The minimum Gasteiger partial charge on any atom is -0.379 e. The van der Waals surface area contributed by atoms with E-state index in [1.807, 2.05) is 12.1 Å². The van der Waals surface area contributed by atoms with Gasteiger partial charge >= 0.3 is 0 Å². The number of morpholine rings is 1. The Morgan fingerprint density at radius 3 is 2.75 bits per heavy atom. The van der Waals surface area contributed by atoms with Crippen molar-refractivity contribution < 1.29 is 17.9 Å². The van der Waals surface area contributed by atoms with Gasteiger partial charge in [0, 0.05) is 32.7 Å². The molecule has 0 radical (unpaired) electrons. The van der Waals surface area contributed by atoms with E-state index < -0.39 is 16.1 Å². The van der Waals surface area contributed by atoms with Crippen molar-refractivity contribution in [1.29, 1.82) is 0 Å². The molecular formula is C24H29ClN4O4S3. The molecule has 0 saturated carbocycles. The maximum absolute atomic E-state index is 14.1. The number of ether oxygens (including phenoxy) is 1. The molecule has 2 fully saturated rings. The fourth-order valence-electron chi connectivity index (χ4n) is 4.74. The van der Waals surface area contributed by atoms with Crippen molar-refractivity contribution in [1.82, 2.24) is 14.2 Å². The van der Waals surface area contributed by atoms with Gasteiger partial charge < -0.3 is 4.74 Å². The molecule has 1 aromatic carbocycles. The lowest BCUT2D eigenvalue weighted by Crippen LogP contribution is -2.53. The number of carbonyl (C=O) groups is 1. The van der Waals surface area contributed by atoms with Crippen LogP contribution < -0.4 is 4.90 Å². The topological polar surface area (TPSA) is 83.1 Å². The molecule has 36 heavy (non-hydrogen) atoms. The second kappa shape index (κ2) is 11.4. The van der Waals surface area contributed by atoms with Crippen LogP contribution in [0.4, 0.5) is 5.13 Å². The maximum Gasteiger partial charge on any atom is 0.253 e. The first-order valence-corrected chi connectivity index (χ1v) is 15.7. The first-order valence-electron chi connectivity index (χ1n) is 12.2. The molecule has 0 aliphatic carbocycles. The van der Waals surface area contributed by atoms with Gasteiger partial charge in [0.1, 0.15) is 15.8 Å². The van der Waals surface area contributed by atoms with Gasteiger partial charge in [0.05, 0.1) is 22.9 Å². The van der Waals surface area contributed by atoms with E-state index >= 15 is 0 Å². The Balaban J connectivity index is 1.43. The summed E-state index contributed by atoms with van der Waals surface area (Å²) in [7, 11) is -3.75. The standard InChI is InChI=1S/C24H29ClN4O4S3/c25-18-6-3-8-20-22(18)26-24(35-20)28(11-5-10-27-13-15-33-16-14-27)23(30)19-7-1-2-12-29(19)36(31,32)21-9-4-17-34-21/h3-4,6,8-9,17,19H,1-2,5,7,10-16H2. The van der Waals surface area contributed by atoms with Crippen LogP contribution in [0.25, 0.3) is 10.2 Å². The van der Waals surface area contributed by atoms with E-state index in [0.29, 0.717) is 35.2 Å². The van der Waals surface area contributed by atoms with Crippen molar-refractivity contribution >= 4 is 65.6 Å². The number of hydrogen-bond donors (Lipinski definition) is 0. The van der Waals surface area contributed by atoms with Gasteiger partial charge in [0.25, 0.3) is 10.0 Å². The molecule has 5 rings (SSSR count). The average molecular weight is 569 g/mol. The van der Waals surface area contributed by atoms with Crippen LogP contribution in [-0.2, 0) is 19.6 Å². The molecule has 194 valence electrons. The number of sulfonamides is 1. The number of rotatable bonds is 8. The van der Waals surface area contributed by atoms with E-state index in [2.05, 4.69) is 4.90 Å². The molecule has 2 aromatic heterocycles. The summed E-state index contributed by atoms with van der Waals surface area (Å²) in [5.41, 5.74) is 0.664. The van der Waals surface area contributed by atoms with Crippen LogP contribution in [0.2, 0.25) is 5.02 Å². The summed E-state index contributed by atoms with van der Waals surface area (Å²) in [6.07, 6.45) is 2.79. The highest BCUT2D eigenvalue weighted by atomic mass is 35.5. The smallest absolute Gasteiger partial charge is 0.253 e. The predicted molar refractivity (Wildman–Crippen MR) is 145 cm³/mol. The maximum atomic E-state index is 14.1. The number of hydrogen-bond acceptors (Lipinski definition) is 8. The number of anilines is 1. The van der Waals surface area contributed by atoms with E-state index in [-0.39, 0.29) is 10.1 Å². The third-order valence-electron chi connectivity index (χ3n) is 6.61. The van der Waals surface area contributed by atoms with Crippen molar-refractivity contribution in [2.75, 3.05) is 50.8 Å². The molecule has 0 bridgehead atoms. The SMILES string of the molecule is O=C(C1CCCCN1S(=O)(=O)c1cccs1)N(CCCN1CCOCC1)c1nc2c(Cl)cccc2s1. The van der Waals surface area contributed by atoms with Gasteiger partial charge in [-0.05, 0) is 42.8 Å². The fourth-order valence-corrected chi connectivity index (χ4v) is 8.81. The lowest BCUT2D eigenvalue weighted by molar-refractivity contribution is -0.123. The van der Waals surface area contributed by atoms with Crippen LogP contribution >= 0.6 is 34.3 Å². The zero-order valence-corrected chi connectivity index (χ0v) is 23.0. The Labute approximate surface area is 224 Å². The Bertz CT molecular complexity index is 1290. The molecule has 2 aliphatic heterocycles. The number of piperidine rings is 1. The van der Waals surface area contributed by atoms with Crippen LogP contribution in [0, 0.1) is 0 Å². The van der Waals surface area contributed by atoms with Gasteiger partial charge in [-0.3, -0.25) is 14.6 Å². The van der Waals surface area contributed by atoms with Crippen LogP contribution in [0.1, 0.15) is 25.7 Å². The van der Waals surface area contributed by atoms with Crippen LogP contribution in [0.3, 0.4) is 0 Å². The molecule has 2 aliphatic rings. The second-order valence-corrected chi connectivity index (χ2v) is 13.4. The van der Waals surface area contributed by atoms with Gasteiger partial charge in [0.2, 0.25) is 5.91 Å². The molecule has 8 nitrogen and oxygen atoms in total. The molecule has 0 spiro atoms. The fraction of sp³-hybridized carbons (Fsp3) is 0.500. The number of halogens is 1. The summed E-state index contributed by atoms with van der Waals surface area (Å²) in [5, 5.41) is 2.84. The van der Waals surface area contributed by atoms with Gasteiger partial charge in [-0.15, -0.1) is 11.3 Å². The molecule has 0 N–H and O–H groups in total. The summed E-state index contributed by atoms with van der Waals surface area (Å²) >= 11 is 8.98. The zero-order valence-electron chi connectivity index (χ0n) is 19.8. The van der Waals surface area contributed by atoms with Crippen molar-refractivity contribution in [2.24, 2.45) is 0 Å². The minimum absolute atomic E-state index is 0.216. The van der Waals surface area contributed by atoms with Crippen molar-refractivity contribution in [3.05, 3.63) is 40.7 Å². The summed E-state index contributed by atoms with van der Waals surface area (Å²) < 4.78 is 34.9. The molecule has 4 heterocycles. The minimum atomic E-state index is -3.75. The Morgan fingerprint density at radius 1 is 1.17 bits per heavy atom. The Kier molecular flexibility index (Phi) is 8.26. The lowest BCUT2D eigenvalue weighted by Gasteiger charge is -2.36. The normalized spacial score (nSPS) is 20.1. The van der Waals surface area contributed by atoms with Gasteiger partial charge in [-0.1, -0.05) is 41.5 Å². The van der Waals surface area contributed by atoms with Crippen LogP contribution in [-0.4, -0.2) is 80.5 Å². The molecule has 1 atom stereocenters. The summed E-state index contributed by atoms with van der Waals surface area (Å²) in [6.45, 7) is 4.81. The summed E-state index contributed by atoms with van der Waals surface area (Å²) in [6, 6.07) is 8.17. The second-order valence-electron chi connectivity index (χ2n) is 8.94. The Morgan fingerprint density at radius 2 is 2.00 bits per heavy atom. The van der Waals surface area contributed by atoms with E-state index in [1.165, 1.54) is 27.0 Å². The van der Waals surface area contributed by atoms with Crippen molar-refractivity contribution in [3.8, 4) is 0 Å². The van der Waals surface area contributed by atoms with Gasteiger partial charge in [-0.25, -0.2) is 13.4 Å². The highest BCUT2D eigenvalue weighted by molar-refractivity contribution is 7.91. The molecule has 1 amide bonds. The average Bonchev–Trinajstić information content (AvgIpc) is 3.59. The summed E-state index contributed by atoms with van der Waals surface area (Å²) in [5.74, 6) is -0.216. The first-order chi connectivity index (χ1) is 17.4. The quantitative estimate of drug-likeness (QED) is 0.403. The van der Waals surface area contributed by atoms with Gasteiger partial charge in [-0.2, -0.15) is 4.31 Å². The molecular weight excluding hydrogens is 540 g/mol. The number of carbonyl (C=O) groups excluding carboxylic acids is 1. The Hall–Kier alpha value is -1.60. The first kappa shape index (κ1) is 26.0. The van der Waals surface area contributed by atoms with E-state index in [4.69, 9.17) is 21.3 Å². The molecule has 12 heteroatoms. The zero-order chi connectivity index (χ0) is 25.1. The number of fused-ring (bicyclic) bond motifs is 1. The monoisotopic (exact) mass is 568 g/mol. The predicted octanol–water partition coefficient (Wildman–Crippen LogP) is 4.31. The highest BCUT2D eigenvalue weighted by Crippen LogP contribution is 2.35. The van der Waals surface area contributed by atoms with Gasteiger partial charge in [0.15, 0.2) is 5.13 Å². The van der Waals surface area contributed by atoms with Crippen molar-refractivity contribution in [3.63, 3.8) is 0 Å². The molecule has 1 unspecified atom stereocenters. The lowest BCUT2D eigenvalue weighted by atomic mass is 10.0. The molecule has 3 aromatic rings. The third-order valence-corrected chi connectivity index (χ3v) is 11.2. The number of aromatic nitrogens is 1. The van der Waals surface area contributed by atoms with E-state index in [0.717, 1.165) is 56.8 Å². The summed E-state index contributed by atoms with van der Waals surface area (Å²) in [4.78, 5) is 22.8. The number of thiazole rings is 1.